The largest absolute Gasteiger partial charge is 0.492 e. The molecule has 2 aromatic rings. The molecule has 0 saturated heterocycles. The summed E-state index contributed by atoms with van der Waals surface area (Å²) in [6.45, 7) is 2.92. The third-order valence-electron chi connectivity index (χ3n) is 3.07. The van der Waals surface area contributed by atoms with Gasteiger partial charge in [-0.3, -0.25) is 9.78 Å². The predicted octanol–water partition coefficient (Wildman–Crippen LogP) is 3.19. The van der Waals surface area contributed by atoms with Gasteiger partial charge in [-0.05, 0) is 25.1 Å². The minimum Gasteiger partial charge on any atom is -0.492 e. The van der Waals surface area contributed by atoms with Crippen molar-refractivity contribution in [3.63, 3.8) is 0 Å². The molecule has 1 amide bonds. The first-order chi connectivity index (χ1) is 10.1. The average molecular weight is 305 g/mol. The van der Waals surface area contributed by atoms with Crippen molar-refractivity contribution in [2.75, 3.05) is 20.2 Å². The van der Waals surface area contributed by atoms with E-state index in [2.05, 4.69) is 4.98 Å². The quantitative estimate of drug-likeness (QED) is 0.852. The van der Waals surface area contributed by atoms with Gasteiger partial charge >= 0.3 is 0 Å². The molecule has 1 aromatic heterocycles. The highest BCUT2D eigenvalue weighted by Crippen LogP contribution is 2.15. The summed E-state index contributed by atoms with van der Waals surface area (Å²) in [6.07, 6.45) is 3.02. The molecule has 0 spiro atoms. The fourth-order valence-corrected chi connectivity index (χ4v) is 1.99. The fourth-order valence-electron chi connectivity index (χ4n) is 1.79. The molecular weight excluding hydrogens is 288 g/mol. The van der Waals surface area contributed by atoms with E-state index in [4.69, 9.17) is 16.3 Å². The maximum Gasteiger partial charge on any atom is 0.255 e. The van der Waals surface area contributed by atoms with Crippen molar-refractivity contribution in [3.05, 3.63) is 58.9 Å². The molecule has 1 heterocycles. The highest BCUT2D eigenvalue weighted by atomic mass is 35.5. The first-order valence-electron chi connectivity index (χ1n) is 6.62. The van der Waals surface area contributed by atoms with E-state index >= 15 is 0 Å². The van der Waals surface area contributed by atoms with Crippen LogP contribution in [0.3, 0.4) is 0 Å². The lowest BCUT2D eigenvalue weighted by Gasteiger charge is -2.18. The molecule has 0 N–H and O–H groups in total. The van der Waals surface area contributed by atoms with Crippen LogP contribution in [0.2, 0.25) is 5.02 Å². The molecule has 5 heteroatoms. The molecule has 0 fully saturated rings. The highest BCUT2D eigenvalue weighted by molar-refractivity contribution is 6.33. The van der Waals surface area contributed by atoms with Crippen LogP contribution >= 0.6 is 11.6 Å². The van der Waals surface area contributed by atoms with Gasteiger partial charge in [0.1, 0.15) is 12.4 Å². The summed E-state index contributed by atoms with van der Waals surface area (Å²) in [5.41, 5.74) is 1.63. The molecule has 0 aliphatic heterocycles. The van der Waals surface area contributed by atoms with E-state index in [0.29, 0.717) is 23.7 Å². The van der Waals surface area contributed by atoms with Crippen molar-refractivity contribution in [2.45, 2.75) is 6.92 Å². The second kappa shape index (κ2) is 7.09. The summed E-state index contributed by atoms with van der Waals surface area (Å²) in [6, 6.07) is 9.41. The molecule has 0 bridgehead atoms. The van der Waals surface area contributed by atoms with Crippen LogP contribution in [0.1, 0.15) is 15.9 Å². The van der Waals surface area contributed by atoms with Crippen molar-refractivity contribution >= 4 is 17.5 Å². The smallest absolute Gasteiger partial charge is 0.255 e. The van der Waals surface area contributed by atoms with Gasteiger partial charge in [-0.15, -0.1) is 0 Å². The molecule has 0 saturated carbocycles. The Morgan fingerprint density at radius 1 is 1.29 bits per heavy atom. The Morgan fingerprint density at radius 2 is 2.00 bits per heavy atom. The molecule has 0 aliphatic rings. The topological polar surface area (TPSA) is 42.4 Å². The van der Waals surface area contributed by atoms with Crippen LogP contribution in [0, 0.1) is 6.92 Å². The van der Waals surface area contributed by atoms with Gasteiger partial charge in [0.05, 0.1) is 17.1 Å². The number of halogens is 1. The van der Waals surface area contributed by atoms with Crippen LogP contribution in [0.4, 0.5) is 0 Å². The monoisotopic (exact) mass is 304 g/mol. The number of hydrogen-bond acceptors (Lipinski definition) is 3. The third kappa shape index (κ3) is 4.20. The lowest BCUT2D eigenvalue weighted by molar-refractivity contribution is 0.0774. The molecule has 1 aromatic carbocycles. The van der Waals surface area contributed by atoms with Crippen molar-refractivity contribution in [2.24, 2.45) is 0 Å². The van der Waals surface area contributed by atoms with E-state index in [-0.39, 0.29) is 5.91 Å². The molecule has 0 aliphatic carbocycles. The number of aromatic nitrogens is 1. The van der Waals surface area contributed by atoms with Crippen LogP contribution in [0.5, 0.6) is 5.75 Å². The van der Waals surface area contributed by atoms with E-state index in [0.717, 1.165) is 5.75 Å². The number of pyridine rings is 1. The lowest BCUT2D eigenvalue weighted by atomic mass is 10.2. The molecule has 21 heavy (non-hydrogen) atoms. The Labute approximate surface area is 129 Å². The van der Waals surface area contributed by atoms with Crippen molar-refractivity contribution in [1.82, 2.24) is 9.88 Å². The number of nitrogens with zero attached hydrogens (tertiary/aromatic N) is 2. The van der Waals surface area contributed by atoms with Gasteiger partial charge in [-0.25, -0.2) is 0 Å². The first-order valence-corrected chi connectivity index (χ1v) is 7.00. The number of aryl methyl sites for hydroxylation is 1. The standard InChI is InChI=1S/C16H17ClN2O2/c1-12-3-5-13(6-4-12)21-10-9-19(2)16(20)14-7-8-18-11-15(14)17/h3-8,11H,9-10H2,1-2H3. The SMILES string of the molecule is Cc1ccc(OCCN(C)C(=O)c2ccncc2Cl)cc1. The van der Waals surface area contributed by atoms with Crippen LogP contribution in [0.15, 0.2) is 42.7 Å². The molecule has 0 unspecified atom stereocenters. The van der Waals surface area contributed by atoms with Crippen molar-refractivity contribution < 1.29 is 9.53 Å². The van der Waals surface area contributed by atoms with Crippen molar-refractivity contribution in [3.8, 4) is 5.75 Å². The van der Waals surface area contributed by atoms with Gasteiger partial charge < -0.3 is 9.64 Å². The van der Waals surface area contributed by atoms with E-state index in [9.17, 15) is 4.79 Å². The number of benzene rings is 1. The van der Waals surface area contributed by atoms with Crippen LogP contribution in [0.25, 0.3) is 0 Å². The number of rotatable bonds is 5. The average Bonchev–Trinajstić information content (AvgIpc) is 2.49. The second-order valence-electron chi connectivity index (χ2n) is 4.74. The van der Waals surface area contributed by atoms with Crippen LogP contribution < -0.4 is 4.74 Å². The predicted molar refractivity (Wildman–Crippen MR) is 82.9 cm³/mol. The van der Waals surface area contributed by atoms with Crippen LogP contribution in [-0.2, 0) is 0 Å². The summed E-state index contributed by atoms with van der Waals surface area (Å²) in [5.74, 6) is 0.651. The zero-order chi connectivity index (χ0) is 15.2. The second-order valence-corrected chi connectivity index (χ2v) is 5.15. The van der Waals surface area contributed by atoms with Gasteiger partial charge in [0.2, 0.25) is 0 Å². The summed E-state index contributed by atoms with van der Waals surface area (Å²) in [5, 5.41) is 0.355. The fraction of sp³-hybridized carbons (Fsp3) is 0.250. The maximum absolute atomic E-state index is 12.2. The third-order valence-corrected chi connectivity index (χ3v) is 3.37. The summed E-state index contributed by atoms with van der Waals surface area (Å²) < 4.78 is 5.61. The number of likely N-dealkylation sites (N-methyl/N-ethyl adjacent to an activating group) is 1. The normalized spacial score (nSPS) is 10.2. The molecule has 110 valence electrons. The lowest BCUT2D eigenvalue weighted by Crippen LogP contribution is -2.31. The number of carbonyl (C=O) groups excluding carboxylic acids is 1. The summed E-state index contributed by atoms with van der Waals surface area (Å²) >= 11 is 5.97. The minimum atomic E-state index is -0.144. The van der Waals surface area contributed by atoms with Gasteiger partial charge in [0.25, 0.3) is 5.91 Å². The van der Waals surface area contributed by atoms with Crippen molar-refractivity contribution in [1.29, 1.82) is 0 Å². The summed E-state index contributed by atoms with van der Waals surface area (Å²) in [7, 11) is 1.72. The zero-order valence-electron chi connectivity index (χ0n) is 12.0. The summed E-state index contributed by atoms with van der Waals surface area (Å²) in [4.78, 5) is 17.7. The van der Waals surface area contributed by atoms with E-state index < -0.39 is 0 Å². The Balaban J connectivity index is 1.87. The minimum absolute atomic E-state index is 0.144. The molecular formula is C16H17ClN2O2. The number of amides is 1. The maximum atomic E-state index is 12.2. The number of ether oxygens (including phenoxy) is 1. The Bertz CT molecular complexity index is 614. The molecule has 0 atom stereocenters. The van der Waals surface area contributed by atoms with Gasteiger partial charge in [-0.1, -0.05) is 29.3 Å². The van der Waals surface area contributed by atoms with Gasteiger partial charge in [-0.2, -0.15) is 0 Å². The van der Waals surface area contributed by atoms with E-state index in [1.54, 1.807) is 24.2 Å². The Hall–Kier alpha value is -2.07. The van der Waals surface area contributed by atoms with Gasteiger partial charge in [0, 0.05) is 19.4 Å². The first kappa shape index (κ1) is 15.3. The molecule has 0 radical (unpaired) electrons. The van der Waals surface area contributed by atoms with Crippen LogP contribution in [-0.4, -0.2) is 36.0 Å². The Morgan fingerprint density at radius 3 is 2.67 bits per heavy atom. The van der Waals surface area contributed by atoms with E-state index in [1.165, 1.54) is 11.8 Å². The number of hydrogen-bond donors (Lipinski definition) is 0. The Kier molecular flexibility index (Phi) is 5.17. The molecule has 4 nitrogen and oxygen atoms in total. The van der Waals surface area contributed by atoms with Gasteiger partial charge in [0.15, 0.2) is 0 Å². The number of carbonyl (C=O) groups is 1. The zero-order valence-corrected chi connectivity index (χ0v) is 12.8. The van der Waals surface area contributed by atoms with E-state index in [1.807, 2.05) is 31.2 Å². The highest BCUT2D eigenvalue weighted by Gasteiger charge is 2.14. The molecule has 2 rings (SSSR count).